The van der Waals surface area contributed by atoms with E-state index in [0.29, 0.717) is 24.0 Å². The molecule has 1 rings (SSSR count). The van der Waals surface area contributed by atoms with Gasteiger partial charge in [-0.1, -0.05) is 6.08 Å². The Hall–Kier alpha value is -1.62. The number of carboxylic acids is 1. The molecule has 1 N–H and O–H groups in total. The third-order valence-electron chi connectivity index (χ3n) is 3.02. The third-order valence-corrected chi connectivity index (χ3v) is 4.94. The minimum Gasteiger partial charge on any atom is -0.478 e. The number of unbranched alkanes of at least 4 members (excludes halogenated alkanes) is 1. The van der Waals surface area contributed by atoms with E-state index in [-0.39, 0.29) is 16.2 Å². The van der Waals surface area contributed by atoms with Gasteiger partial charge in [0.2, 0.25) is 0 Å². The van der Waals surface area contributed by atoms with Crippen molar-refractivity contribution in [2.45, 2.75) is 31.6 Å². The van der Waals surface area contributed by atoms with E-state index in [4.69, 9.17) is 5.11 Å². The molecule has 1 aromatic rings. The van der Waals surface area contributed by atoms with Crippen molar-refractivity contribution < 1.29 is 18.3 Å². The van der Waals surface area contributed by atoms with Gasteiger partial charge < -0.3 is 5.11 Å². The van der Waals surface area contributed by atoms with Crippen molar-refractivity contribution in [3.8, 4) is 0 Å². The molecule has 4 nitrogen and oxygen atoms in total. The van der Waals surface area contributed by atoms with Crippen molar-refractivity contribution in [3.63, 3.8) is 0 Å². The number of carboxylic acid groups (broad SMARTS) is 1. The maximum absolute atomic E-state index is 12.2. The Kier molecular flexibility index (Phi) is 4.89. The van der Waals surface area contributed by atoms with Gasteiger partial charge in [0.05, 0.1) is 16.2 Å². The van der Waals surface area contributed by atoms with Crippen molar-refractivity contribution >= 4 is 15.8 Å². The number of benzene rings is 1. The van der Waals surface area contributed by atoms with Gasteiger partial charge in [-0.3, -0.25) is 0 Å². The molecular weight excluding hydrogens is 264 g/mol. The van der Waals surface area contributed by atoms with Crippen LogP contribution in [-0.2, 0) is 9.84 Å². The molecule has 0 aliphatic rings. The molecule has 0 fully saturated rings. The van der Waals surface area contributed by atoms with E-state index in [1.54, 1.807) is 19.9 Å². The molecule has 19 heavy (non-hydrogen) atoms. The van der Waals surface area contributed by atoms with E-state index < -0.39 is 15.8 Å². The summed E-state index contributed by atoms with van der Waals surface area (Å²) in [4.78, 5) is 11.1. The Labute approximate surface area is 113 Å². The average Bonchev–Trinajstić information content (AvgIpc) is 2.32. The number of allylic oxidation sites excluding steroid dienone is 1. The normalized spacial score (nSPS) is 11.3. The number of sulfone groups is 1. The molecule has 0 spiro atoms. The molecule has 0 radical (unpaired) electrons. The summed E-state index contributed by atoms with van der Waals surface area (Å²) in [6, 6.07) is 2.73. The third kappa shape index (κ3) is 3.67. The minimum atomic E-state index is -3.45. The summed E-state index contributed by atoms with van der Waals surface area (Å²) < 4.78 is 24.5. The molecule has 0 saturated carbocycles. The van der Waals surface area contributed by atoms with E-state index >= 15 is 0 Å². The molecule has 104 valence electrons. The van der Waals surface area contributed by atoms with Gasteiger partial charge in [-0.2, -0.15) is 0 Å². The molecule has 1 aromatic carbocycles. The first-order chi connectivity index (χ1) is 8.79. The van der Waals surface area contributed by atoms with Gasteiger partial charge in [0.1, 0.15) is 0 Å². The highest BCUT2D eigenvalue weighted by molar-refractivity contribution is 7.91. The minimum absolute atomic E-state index is 0.00235. The highest BCUT2D eigenvalue weighted by atomic mass is 32.2. The summed E-state index contributed by atoms with van der Waals surface area (Å²) >= 11 is 0. The van der Waals surface area contributed by atoms with Crippen LogP contribution >= 0.6 is 0 Å². The Morgan fingerprint density at radius 3 is 2.53 bits per heavy atom. The molecule has 0 heterocycles. The Morgan fingerprint density at radius 1 is 1.37 bits per heavy atom. The number of aryl methyl sites for hydroxylation is 1. The second kappa shape index (κ2) is 6.02. The average molecular weight is 282 g/mol. The Morgan fingerprint density at radius 2 is 2.00 bits per heavy atom. The summed E-state index contributed by atoms with van der Waals surface area (Å²) in [5, 5.41) is 9.00. The predicted molar refractivity (Wildman–Crippen MR) is 74.4 cm³/mol. The molecule has 0 aliphatic carbocycles. The summed E-state index contributed by atoms with van der Waals surface area (Å²) in [5.41, 5.74) is 1.29. The summed E-state index contributed by atoms with van der Waals surface area (Å²) in [6.45, 7) is 6.96. The van der Waals surface area contributed by atoms with Gasteiger partial charge in [-0.15, -0.1) is 6.58 Å². The zero-order chi connectivity index (χ0) is 14.6. The van der Waals surface area contributed by atoms with Crippen LogP contribution < -0.4 is 0 Å². The molecule has 0 aromatic heterocycles. The van der Waals surface area contributed by atoms with Crippen LogP contribution in [0.15, 0.2) is 29.7 Å². The second-order valence-electron chi connectivity index (χ2n) is 4.47. The van der Waals surface area contributed by atoms with E-state index in [9.17, 15) is 13.2 Å². The lowest BCUT2D eigenvalue weighted by Crippen LogP contribution is -2.11. The molecule has 0 aliphatic heterocycles. The van der Waals surface area contributed by atoms with Crippen LogP contribution in [0, 0.1) is 13.8 Å². The van der Waals surface area contributed by atoms with Crippen molar-refractivity contribution in [3.05, 3.63) is 41.5 Å². The summed E-state index contributed by atoms with van der Waals surface area (Å²) in [5.74, 6) is -1.12. The molecule has 0 atom stereocenters. The summed E-state index contributed by atoms with van der Waals surface area (Å²) in [6.07, 6.45) is 2.78. The molecule has 5 heteroatoms. The SMILES string of the molecule is C=CCCCS(=O)(=O)c1cc(C(=O)O)cc(C)c1C. The molecular formula is C14H18O4S. The lowest BCUT2D eigenvalue weighted by molar-refractivity contribution is 0.0696. The zero-order valence-electron chi connectivity index (χ0n) is 11.1. The quantitative estimate of drug-likeness (QED) is 0.643. The standard InChI is InChI=1S/C14H18O4S/c1-4-5-6-7-19(17,18)13-9-12(14(15)16)8-10(2)11(13)3/h4,8-9H,1,5-7H2,2-3H3,(H,15,16). The Balaban J connectivity index is 3.25. The van der Waals surface area contributed by atoms with Crippen LogP contribution in [-0.4, -0.2) is 25.2 Å². The van der Waals surface area contributed by atoms with Crippen LogP contribution in [0.1, 0.15) is 34.3 Å². The van der Waals surface area contributed by atoms with Gasteiger partial charge in [-0.25, -0.2) is 13.2 Å². The van der Waals surface area contributed by atoms with Crippen LogP contribution in [0.3, 0.4) is 0 Å². The van der Waals surface area contributed by atoms with Gasteiger partial charge in [-0.05, 0) is 49.9 Å². The van der Waals surface area contributed by atoms with Crippen LogP contribution in [0.5, 0.6) is 0 Å². The number of rotatable bonds is 6. The van der Waals surface area contributed by atoms with E-state index in [1.807, 2.05) is 0 Å². The smallest absolute Gasteiger partial charge is 0.335 e. The van der Waals surface area contributed by atoms with Gasteiger partial charge in [0, 0.05) is 0 Å². The molecule has 0 saturated heterocycles. The van der Waals surface area contributed by atoms with E-state index in [2.05, 4.69) is 6.58 Å². The first kappa shape index (κ1) is 15.4. The molecule has 0 unspecified atom stereocenters. The monoisotopic (exact) mass is 282 g/mol. The molecule has 0 amide bonds. The zero-order valence-corrected chi connectivity index (χ0v) is 12.0. The first-order valence-electron chi connectivity index (χ1n) is 5.98. The van der Waals surface area contributed by atoms with E-state index in [1.165, 1.54) is 12.1 Å². The fourth-order valence-electron chi connectivity index (χ4n) is 1.80. The number of carbonyl (C=O) groups is 1. The predicted octanol–water partition coefficient (Wildman–Crippen LogP) is 2.74. The van der Waals surface area contributed by atoms with Gasteiger partial charge in [0.15, 0.2) is 9.84 Å². The van der Waals surface area contributed by atoms with Crippen LogP contribution in [0.4, 0.5) is 0 Å². The van der Waals surface area contributed by atoms with Crippen molar-refractivity contribution in [2.75, 3.05) is 5.75 Å². The van der Waals surface area contributed by atoms with Crippen molar-refractivity contribution in [1.82, 2.24) is 0 Å². The molecule has 0 bridgehead atoms. The lowest BCUT2D eigenvalue weighted by atomic mass is 10.1. The first-order valence-corrected chi connectivity index (χ1v) is 7.63. The van der Waals surface area contributed by atoms with Crippen molar-refractivity contribution in [2.24, 2.45) is 0 Å². The van der Waals surface area contributed by atoms with Crippen molar-refractivity contribution in [1.29, 1.82) is 0 Å². The van der Waals surface area contributed by atoms with E-state index in [0.717, 1.165) is 0 Å². The Bertz CT molecular complexity index is 600. The number of hydrogen-bond acceptors (Lipinski definition) is 3. The lowest BCUT2D eigenvalue weighted by Gasteiger charge is -2.11. The topological polar surface area (TPSA) is 71.4 Å². The maximum atomic E-state index is 12.2. The maximum Gasteiger partial charge on any atom is 0.335 e. The fraction of sp³-hybridized carbons (Fsp3) is 0.357. The highest BCUT2D eigenvalue weighted by Gasteiger charge is 2.20. The van der Waals surface area contributed by atoms with Gasteiger partial charge >= 0.3 is 5.97 Å². The van der Waals surface area contributed by atoms with Crippen LogP contribution in [0.25, 0.3) is 0 Å². The fourth-order valence-corrected chi connectivity index (χ4v) is 3.50. The second-order valence-corrected chi connectivity index (χ2v) is 6.55. The van der Waals surface area contributed by atoms with Crippen LogP contribution in [0.2, 0.25) is 0 Å². The largest absolute Gasteiger partial charge is 0.478 e. The highest BCUT2D eigenvalue weighted by Crippen LogP contribution is 2.23. The summed E-state index contributed by atoms with van der Waals surface area (Å²) in [7, 11) is -3.45. The van der Waals surface area contributed by atoms with Gasteiger partial charge in [0.25, 0.3) is 0 Å². The number of aromatic carboxylic acids is 1. The number of hydrogen-bond donors (Lipinski definition) is 1.